The molecule has 0 saturated carbocycles. The van der Waals surface area contributed by atoms with E-state index in [4.69, 9.17) is 0 Å². The normalized spacial score (nSPS) is 13.6. The van der Waals surface area contributed by atoms with Crippen molar-refractivity contribution < 1.29 is 13.2 Å². The molecule has 5 heteroatoms. The van der Waals surface area contributed by atoms with Gasteiger partial charge in [-0.25, -0.2) is 0 Å². The summed E-state index contributed by atoms with van der Waals surface area (Å²) in [5.41, 5.74) is 1.05. The molecule has 102 valence electrons. The molecule has 1 N–H and O–H groups in total. The molecular formula is C13H17BrF3N. The molecule has 0 spiro atoms. The Bertz CT molecular complexity index is 348. The maximum absolute atomic E-state index is 12.2. The van der Waals surface area contributed by atoms with E-state index in [-0.39, 0.29) is 12.5 Å². The molecule has 18 heavy (non-hydrogen) atoms. The lowest BCUT2D eigenvalue weighted by molar-refractivity contribution is -0.136. The van der Waals surface area contributed by atoms with Crippen LogP contribution >= 0.6 is 15.9 Å². The number of likely N-dealkylation sites (N-methyl/N-ethyl adjacent to an activating group) is 1. The highest BCUT2D eigenvalue weighted by Gasteiger charge is 2.28. The first-order valence-electron chi connectivity index (χ1n) is 5.95. The summed E-state index contributed by atoms with van der Waals surface area (Å²) in [4.78, 5) is 0. The molecule has 0 amide bonds. The number of halogens is 4. The second-order valence-corrected chi connectivity index (χ2v) is 5.15. The lowest BCUT2D eigenvalue weighted by atomic mass is 10.0. The van der Waals surface area contributed by atoms with E-state index in [1.165, 1.54) is 0 Å². The van der Waals surface area contributed by atoms with Gasteiger partial charge < -0.3 is 5.32 Å². The van der Waals surface area contributed by atoms with Gasteiger partial charge in [0.1, 0.15) is 0 Å². The summed E-state index contributed by atoms with van der Waals surface area (Å²) in [7, 11) is 0. The van der Waals surface area contributed by atoms with E-state index in [0.717, 1.165) is 10.0 Å². The number of alkyl halides is 3. The molecule has 1 unspecified atom stereocenters. The van der Waals surface area contributed by atoms with Crippen LogP contribution in [0.2, 0.25) is 0 Å². The van der Waals surface area contributed by atoms with Gasteiger partial charge in [-0.3, -0.25) is 0 Å². The molecule has 1 atom stereocenters. The summed E-state index contributed by atoms with van der Waals surface area (Å²) in [6.45, 7) is 2.58. The molecule has 0 heterocycles. The molecule has 0 bridgehead atoms. The molecule has 0 aliphatic rings. The second-order valence-electron chi connectivity index (χ2n) is 4.24. The Morgan fingerprint density at radius 1 is 1.22 bits per heavy atom. The van der Waals surface area contributed by atoms with Crippen molar-refractivity contribution in [2.45, 2.75) is 38.4 Å². The molecule has 0 aliphatic heterocycles. The first-order chi connectivity index (χ1) is 8.40. The molecule has 0 aliphatic carbocycles. The Kier molecular flexibility index (Phi) is 6.15. The third kappa shape index (κ3) is 6.40. The molecule has 0 aromatic heterocycles. The average Bonchev–Trinajstić information content (AvgIpc) is 2.28. The van der Waals surface area contributed by atoms with Crippen LogP contribution in [-0.4, -0.2) is 18.8 Å². The quantitative estimate of drug-likeness (QED) is 0.822. The molecule has 1 nitrogen and oxygen atoms in total. The van der Waals surface area contributed by atoms with Crippen LogP contribution in [-0.2, 0) is 6.42 Å². The van der Waals surface area contributed by atoms with E-state index in [0.29, 0.717) is 13.0 Å². The third-order valence-electron chi connectivity index (χ3n) is 2.66. The van der Waals surface area contributed by atoms with E-state index in [1.807, 2.05) is 31.2 Å². The highest BCUT2D eigenvalue weighted by atomic mass is 79.9. The van der Waals surface area contributed by atoms with Crippen molar-refractivity contribution in [3.05, 3.63) is 34.3 Å². The summed E-state index contributed by atoms with van der Waals surface area (Å²) in [6.07, 6.45) is -4.07. The maximum Gasteiger partial charge on any atom is 0.389 e. The minimum absolute atomic E-state index is 0.118. The van der Waals surface area contributed by atoms with Crippen LogP contribution in [0.15, 0.2) is 28.7 Å². The molecule has 0 saturated heterocycles. The molecule has 0 radical (unpaired) electrons. The first kappa shape index (κ1) is 15.5. The topological polar surface area (TPSA) is 12.0 Å². The van der Waals surface area contributed by atoms with Crippen LogP contribution in [0.5, 0.6) is 0 Å². The third-order valence-corrected chi connectivity index (χ3v) is 3.19. The largest absolute Gasteiger partial charge is 0.389 e. The molecule has 1 aromatic rings. The standard InChI is InChI=1S/C13H17BrF3N/c1-2-18-12(7-8-13(15,16)17)9-10-3-5-11(14)6-4-10/h3-6,12,18H,2,7-9H2,1H3. The zero-order valence-corrected chi connectivity index (χ0v) is 11.8. The number of hydrogen-bond acceptors (Lipinski definition) is 1. The van der Waals surface area contributed by atoms with Gasteiger partial charge in [0.05, 0.1) is 0 Å². The van der Waals surface area contributed by atoms with Crippen LogP contribution in [0, 0.1) is 0 Å². The molecule has 1 rings (SSSR count). The van der Waals surface area contributed by atoms with Crippen LogP contribution in [0.25, 0.3) is 0 Å². The SMILES string of the molecule is CCNC(CCC(F)(F)F)Cc1ccc(Br)cc1. The van der Waals surface area contributed by atoms with Gasteiger partial charge in [0.2, 0.25) is 0 Å². The van der Waals surface area contributed by atoms with E-state index < -0.39 is 12.6 Å². The van der Waals surface area contributed by atoms with Gasteiger partial charge in [0.25, 0.3) is 0 Å². The highest BCUT2D eigenvalue weighted by molar-refractivity contribution is 9.10. The minimum atomic E-state index is -4.08. The number of benzene rings is 1. The van der Waals surface area contributed by atoms with Gasteiger partial charge in [-0.05, 0) is 37.1 Å². The fourth-order valence-corrected chi connectivity index (χ4v) is 2.07. The van der Waals surface area contributed by atoms with Crippen LogP contribution < -0.4 is 5.32 Å². The molecule has 0 fully saturated rings. The molecule has 1 aromatic carbocycles. The monoisotopic (exact) mass is 323 g/mol. The highest BCUT2D eigenvalue weighted by Crippen LogP contribution is 2.23. The fourth-order valence-electron chi connectivity index (χ4n) is 1.81. The smallest absolute Gasteiger partial charge is 0.314 e. The van der Waals surface area contributed by atoms with Crippen molar-refractivity contribution in [3.63, 3.8) is 0 Å². The Balaban J connectivity index is 2.54. The second kappa shape index (κ2) is 7.14. The predicted molar refractivity (Wildman–Crippen MR) is 70.6 cm³/mol. The summed E-state index contributed by atoms with van der Waals surface area (Å²) in [5, 5.41) is 3.11. The summed E-state index contributed by atoms with van der Waals surface area (Å²) >= 11 is 3.33. The van der Waals surface area contributed by atoms with Crippen molar-refractivity contribution in [1.29, 1.82) is 0 Å². The van der Waals surface area contributed by atoms with E-state index in [1.54, 1.807) is 0 Å². The number of nitrogens with one attached hydrogen (secondary N) is 1. The maximum atomic E-state index is 12.2. The van der Waals surface area contributed by atoms with E-state index in [9.17, 15) is 13.2 Å². The summed E-state index contributed by atoms with van der Waals surface area (Å²) in [5.74, 6) is 0. The van der Waals surface area contributed by atoms with Crippen molar-refractivity contribution in [2.24, 2.45) is 0 Å². The number of hydrogen-bond donors (Lipinski definition) is 1. The zero-order valence-electron chi connectivity index (χ0n) is 10.2. The minimum Gasteiger partial charge on any atom is -0.314 e. The summed E-state index contributed by atoms with van der Waals surface area (Å²) < 4.78 is 37.6. The van der Waals surface area contributed by atoms with Crippen molar-refractivity contribution in [3.8, 4) is 0 Å². The summed E-state index contributed by atoms with van der Waals surface area (Å²) in [6, 6.07) is 7.55. The van der Waals surface area contributed by atoms with Crippen molar-refractivity contribution >= 4 is 15.9 Å². The van der Waals surface area contributed by atoms with Gasteiger partial charge in [-0.15, -0.1) is 0 Å². The van der Waals surface area contributed by atoms with Gasteiger partial charge in [0, 0.05) is 16.9 Å². The Labute approximate surface area is 114 Å². The van der Waals surface area contributed by atoms with Crippen molar-refractivity contribution in [1.82, 2.24) is 5.32 Å². The zero-order chi connectivity index (χ0) is 13.6. The number of rotatable bonds is 6. The van der Waals surface area contributed by atoms with Gasteiger partial charge in [-0.1, -0.05) is 35.0 Å². The van der Waals surface area contributed by atoms with Crippen molar-refractivity contribution in [2.75, 3.05) is 6.54 Å². The van der Waals surface area contributed by atoms with E-state index in [2.05, 4.69) is 21.2 Å². The molecular weight excluding hydrogens is 307 g/mol. The lowest BCUT2D eigenvalue weighted by Crippen LogP contribution is -2.32. The Morgan fingerprint density at radius 3 is 2.33 bits per heavy atom. The van der Waals surface area contributed by atoms with E-state index >= 15 is 0 Å². The fraction of sp³-hybridized carbons (Fsp3) is 0.538. The van der Waals surface area contributed by atoms with Gasteiger partial charge >= 0.3 is 6.18 Å². The van der Waals surface area contributed by atoms with Crippen LogP contribution in [0.1, 0.15) is 25.3 Å². The first-order valence-corrected chi connectivity index (χ1v) is 6.74. The lowest BCUT2D eigenvalue weighted by Gasteiger charge is -2.19. The Morgan fingerprint density at radius 2 is 1.83 bits per heavy atom. The Hall–Kier alpha value is -0.550. The van der Waals surface area contributed by atoms with Crippen LogP contribution in [0.3, 0.4) is 0 Å². The van der Waals surface area contributed by atoms with Crippen LogP contribution in [0.4, 0.5) is 13.2 Å². The van der Waals surface area contributed by atoms with Gasteiger partial charge in [-0.2, -0.15) is 13.2 Å². The predicted octanol–water partition coefficient (Wildman–Crippen LogP) is 4.31. The average molecular weight is 324 g/mol. The van der Waals surface area contributed by atoms with Gasteiger partial charge in [0.15, 0.2) is 0 Å².